The molecular weight excluding hydrogens is 98.1 g/mol. The Morgan fingerprint density at radius 2 is 1.75 bits per heavy atom. The molecule has 0 aromatic heterocycles. The van der Waals surface area contributed by atoms with Gasteiger partial charge in [-0.1, -0.05) is 26.8 Å². The fraction of sp³-hybridized carbons (Fsp3) is 0.571. The first kappa shape index (κ1) is 7.41. The van der Waals surface area contributed by atoms with Crippen LogP contribution in [0.15, 0.2) is 12.2 Å². The van der Waals surface area contributed by atoms with Gasteiger partial charge in [0.05, 0.1) is 0 Å². The first-order valence-electron chi connectivity index (χ1n) is 2.74. The van der Waals surface area contributed by atoms with Crippen LogP contribution in [0.25, 0.3) is 0 Å². The van der Waals surface area contributed by atoms with Crippen LogP contribution in [0.3, 0.4) is 0 Å². The molecule has 0 aliphatic carbocycles. The van der Waals surface area contributed by atoms with Gasteiger partial charge in [0, 0.05) is 6.21 Å². The maximum atomic E-state index is 6.67. The van der Waals surface area contributed by atoms with Crippen molar-refractivity contribution in [3.8, 4) is 0 Å². The molecule has 0 saturated heterocycles. The quantitative estimate of drug-likeness (QED) is 0.502. The van der Waals surface area contributed by atoms with Crippen molar-refractivity contribution in [2.75, 3.05) is 0 Å². The average Bonchev–Trinajstić information content (AvgIpc) is 1.59. The predicted octanol–water partition coefficient (Wildman–Crippen LogP) is 2.24. The third kappa shape index (κ3) is 5.41. The van der Waals surface area contributed by atoms with Crippen molar-refractivity contribution >= 4 is 6.21 Å². The molecular formula is C7H13N. The van der Waals surface area contributed by atoms with E-state index in [4.69, 9.17) is 5.41 Å². The molecule has 0 saturated carbocycles. The summed E-state index contributed by atoms with van der Waals surface area (Å²) in [4.78, 5) is 0. The summed E-state index contributed by atoms with van der Waals surface area (Å²) >= 11 is 0. The number of hydrogen-bond donors (Lipinski definition) is 1. The normalized spacial score (nSPS) is 12.4. The van der Waals surface area contributed by atoms with Crippen LogP contribution >= 0.6 is 0 Å². The molecule has 0 rings (SSSR count). The Morgan fingerprint density at radius 1 is 1.25 bits per heavy atom. The zero-order valence-electron chi connectivity index (χ0n) is 5.73. The van der Waals surface area contributed by atoms with Gasteiger partial charge < -0.3 is 5.41 Å². The Hall–Kier alpha value is -0.590. The predicted molar refractivity (Wildman–Crippen MR) is 37.4 cm³/mol. The molecule has 1 nitrogen and oxygen atoms in total. The van der Waals surface area contributed by atoms with E-state index in [0.717, 1.165) is 0 Å². The molecule has 0 unspecified atom stereocenters. The van der Waals surface area contributed by atoms with Crippen molar-refractivity contribution < 1.29 is 0 Å². The second-order valence-corrected chi connectivity index (χ2v) is 2.89. The second kappa shape index (κ2) is 2.65. The van der Waals surface area contributed by atoms with Crippen LogP contribution in [0, 0.1) is 10.8 Å². The van der Waals surface area contributed by atoms with Crippen molar-refractivity contribution in [1.82, 2.24) is 0 Å². The number of rotatable bonds is 1. The maximum Gasteiger partial charge on any atom is 0.0174 e. The molecule has 1 heteroatoms. The first-order valence-corrected chi connectivity index (χ1v) is 2.74. The van der Waals surface area contributed by atoms with Gasteiger partial charge in [-0.2, -0.15) is 0 Å². The van der Waals surface area contributed by atoms with E-state index in [0.29, 0.717) is 0 Å². The van der Waals surface area contributed by atoms with Gasteiger partial charge in [0.25, 0.3) is 0 Å². The third-order valence-corrected chi connectivity index (χ3v) is 0.692. The molecule has 46 valence electrons. The van der Waals surface area contributed by atoms with Gasteiger partial charge >= 0.3 is 0 Å². The molecule has 0 aromatic carbocycles. The van der Waals surface area contributed by atoms with E-state index in [2.05, 4.69) is 20.8 Å². The highest BCUT2D eigenvalue weighted by atomic mass is 14.3. The summed E-state index contributed by atoms with van der Waals surface area (Å²) < 4.78 is 0. The van der Waals surface area contributed by atoms with Crippen LogP contribution in [0.2, 0.25) is 0 Å². The van der Waals surface area contributed by atoms with E-state index in [1.807, 2.05) is 6.08 Å². The Balaban J connectivity index is 3.69. The van der Waals surface area contributed by atoms with Crippen LogP contribution in [0.4, 0.5) is 0 Å². The molecule has 0 aliphatic heterocycles. The van der Waals surface area contributed by atoms with E-state index in [1.165, 1.54) is 6.21 Å². The molecule has 0 aliphatic rings. The molecule has 0 radical (unpaired) electrons. The standard InChI is InChI=1S/C7H13N/c1-7(2,3)5-4-6-8/h4-6,8H,1-3H3/b5-4-,8-6?. The highest BCUT2D eigenvalue weighted by molar-refractivity contribution is 5.67. The van der Waals surface area contributed by atoms with Gasteiger partial charge in [0.15, 0.2) is 0 Å². The van der Waals surface area contributed by atoms with Crippen LogP contribution in [0.1, 0.15) is 20.8 Å². The minimum Gasteiger partial charge on any atom is -0.309 e. The Bertz CT molecular complexity index is 95.4. The zero-order chi connectivity index (χ0) is 6.62. The van der Waals surface area contributed by atoms with E-state index in [1.54, 1.807) is 6.08 Å². The fourth-order valence-electron chi connectivity index (χ4n) is 0.337. The summed E-state index contributed by atoms with van der Waals surface area (Å²) in [7, 11) is 0. The molecule has 0 spiro atoms. The molecule has 1 N–H and O–H groups in total. The van der Waals surface area contributed by atoms with Crippen molar-refractivity contribution in [2.24, 2.45) is 5.41 Å². The lowest BCUT2D eigenvalue weighted by molar-refractivity contribution is 0.545. The van der Waals surface area contributed by atoms with Crippen molar-refractivity contribution in [3.05, 3.63) is 12.2 Å². The maximum absolute atomic E-state index is 6.67. The van der Waals surface area contributed by atoms with Crippen molar-refractivity contribution in [3.63, 3.8) is 0 Å². The topological polar surface area (TPSA) is 23.9 Å². The summed E-state index contributed by atoms with van der Waals surface area (Å²) in [6.45, 7) is 6.31. The van der Waals surface area contributed by atoms with Gasteiger partial charge in [-0.15, -0.1) is 0 Å². The van der Waals surface area contributed by atoms with Gasteiger partial charge in [0.2, 0.25) is 0 Å². The molecule has 8 heavy (non-hydrogen) atoms. The lowest BCUT2D eigenvalue weighted by atomic mass is 9.97. The lowest BCUT2D eigenvalue weighted by Crippen LogP contribution is -1.97. The molecule has 0 amide bonds. The van der Waals surface area contributed by atoms with Gasteiger partial charge in [-0.05, 0) is 11.5 Å². The summed E-state index contributed by atoms with van der Waals surface area (Å²) in [6.07, 6.45) is 5.05. The highest BCUT2D eigenvalue weighted by Crippen LogP contribution is 2.13. The zero-order valence-corrected chi connectivity index (χ0v) is 5.73. The van der Waals surface area contributed by atoms with Crippen LogP contribution in [-0.4, -0.2) is 6.21 Å². The molecule has 0 heterocycles. The average molecular weight is 111 g/mol. The number of hydrogen-bond acceptors (Lipinski definition) is 1. The van der Waals surface area contributed by atoms with Crippen molar-refractivity contribution in [2.45, 2.75) is 20.8 Å². The number of nitrogens with one attached hydrogen (secondary N) is 1. The fourth-order valence-corrected chi connectivity index (χ4v) is 0.337. The smallest absolute Gasteiger partial charge is 0.0174 e. The van der Waals surface area contributed by atoms with E-state index in [9.17, 15) is 0 Å². The van der Waals surface area contributed by atoms with E-state index < -0.39 is 0 Å². The SMILES string of the molecule is CC(C)(C)/C=C\C=N. The minimum absolute atomic E-state index is 0.220. The van der Waals surface area contributed by atoms with Crippen LogP contribution in [0.5, 0.6) is 0 Å². The summed E-state index contributed by atoms with van der Waals surface area (Å²) in [5.74, 6) is 0. The molecule has 0 bridgehead atoms. The van der Waals surface area contributed by atoms with E-state index in [-0.39, 0.29) is 5.41 Å². The molecule has 0 aromatic rings. The van der Waals surface area contributed by atoms with Crippen LogP contribution in [-0.2, 0) is 0 Å². The Morgan fingerprint density at radius 3 is 1.88 bits per heavy atom. The van der Waals surface area contributed by atoms with Crippen molar-refractivity contribution in [1.29, 1.82) is 5.41 Å². The summed E-state index contributed by atoms with van der Waals surface area (Å²) in [5.41, 5.74) is 0.220. The third-order valence-electron chi connectivity index (χ3n) is 0.692. The Labute approximate surface area is 50.9 Å². The number of allylic oxidation sites excluding steroid dienone is 2. The molecule has 0 atom stereocenters. The lowest BCUT2D eigenvalue weighted by Gasteiger charge is -2.09. The van der Waals surface area contributed by atoms with E-state index >= 15 is 0 Å². The minimum atomic E-state index is 0.220. The highest BCUT2D eigenvalue weighted by Gasteiger charge is 2.01. The van der Waals surface area contributed by atoms with Gasteiger partial charge in [-0.3, -0.25) is 0 Å². The van der Waals surface area contributed by atoms with Gasteiger partial charge in [-0.25, -0.2) is 0 Å². The monoisotopic (exact) mass is 111 g/mol. The van der Waals surface area contributed by atoms with Gasteiger partial charge in [0.1, 0.15) is 0 Å². The molecule has 0 fully saturated rings. The van der Waals surface area contributed by atoms with Crippen LogP contribution < -0.4 is 0 Å². The summed E-state index contributed by atoms with van der Waals surface area (Å²) in [5, 5.41) is 6.67. The largest absolute Gasteiger partial charge is 0.309 e. The summed E-state index contributed by atoms with van der Waals surface area (Å²) in [6, 6.07) is 0. The Kier molecular flexibility index (Phi) is 2.46. The first-order chi connectivity index (χ1) is 3.56. The second-order valence-electron chi connectivity index (χ2n) is 2.89.